The van der Waals surface area contributed by atoms with Gasteiger partial charge in [-0.05, 0) is 6.07 Å². The minimum atomic E-state index is -5.49. The molecule has 3 rings (SSSR count). The summed E-state index contributed by atoms with van der Waals surface area (Å²) in [5.41, 5.74) is -4.55. The minimum Gasteiger partial charge on any atom is -0.358 e. The maximum absolute atomic E-state index is 13.4. The minimum absolute atomic E-state index is 0.0235. The fourth-order valence-electron chi connectivity index (χ4n) is 2.92. The van der Waals surface area contributed by atoms with Crippen LogP contribution < -0.4 is 5.32 Å². The molecule has 0 unspecified atom stereocenters. The molecule has 0 radical (unpaired) electrons. The lowest BCUT2D eigenvalue weighted by Crippen LogP contribution is -2.65. The lowest BCUT2D eigenvalue weighted by Gasteiger charge is -2.41. The van der Waals surface area contributed by atoms with Crippen LogP contribution in [0, 0.1) is 0 Å². The highest BCUT2D eigenvalue weighted by molar-refractivity contribution is 5.86. The van der Waals surface area contributed by atoms with Crippen molar-refractivity contribution in [3.8, 4) is 0 Å². The molecule has 2 nitrogen and oxygen atoms in total. The van der Waals surface area contributed by atoms with E-state index >= 15 is 0 Å². The van der Waals surface area contributed by atoms with Gasteiger partial charge in [0, 0.05) is 35.1 Å². The molecule has 0 saturated carbocycles. The van der Waals surface area contributed by atoms with Crippen LogP contribution in [0.5, 0.6) is 0 Å². The predicted octanol–water partition coefficient (Wildman–Crippen LogP) is 3.63. The van der Waals surface area contributed by atoms with E-state index in [1.165, 1.54) is 18.2 Å². The monoisotopic (exact) mass is 308 g/mol. The van der Waals surface area contributed by atoms with Gasteiger partial charge in [-0.2, -0.15) is 26.3 Å². The zero-order valence-electron chi connectivity index (χ0n) is 10.5. The van der Waals surface area contributed by atoms with Crippen LogP contribution in [0.15, 0.2) is 24.3 Å². The largest absolute Gasteiger partial charge is 0.419 e. The Bertz CT molecular complexity index is 668. The van der Waals surface area contributed by atoms with Crippen LogP contribution in [0.2, 0.25) is 0 Å². The molecule has 0 aliphatic carbocycles. The Balaban J connectivity index is 2.41. The van der Waals surface area contributed by atoms with Gasteiger partial charge >= 0.3 is 12.4 Å². The van der Waals surface area contributed by atoms with Gasteiger partial charge in [-0.25, -0.2) is 0 Å². The van der Waals surface area contributed by atoms with E-state index in [0.29, 0.717) is 0 Å². The van der Waals surface area contributed by atoms with Crippen LogP contribution in [-0.4, -0.2) is 23.9 Å². The number of hydrogen-bond donors (Lipinski definition) is 2. The third-order valence-electron chi connectivity index (χ3n) is 3.77. The summed E-state index contributed by atoms with van der Waals surface area (Å²) < 4.78 is 80.3. The molecule has 114 valence electrons. The summed E-state index contributed by atoms with van der Waals surface area (Å²) in [6.45, 7) is -0.404. The first-order valence-corrected chi connectivity index (χ1v) is 6.17. The van der Waals surface area contributed by atoms with E-state index in [9.17, 15) is 26.3 Å². The summed E-state index contributed by atoms with van der Waals surface area (Å²) >= 11 is 0. The number of hydrogen-bond acceptors (Lipinski definition) is 1. The van der Waals surface area contributed by atoms with Crippen molar-refractivity contribution in [2.75, 3.05) is 6.54 Å². The number of halogens is 6. The number of rotatable bonds is 0. The number of alkyl halides is 6. The number of aromatic amines is 1. The molecule has 0 spiro atoms. The van der Waals surface area contributed by atoms with E-state index in [1.54, 1.807) is 11.4 Å². The van der Waals surface area contributed by atoms with Gasteiger partial charge < -0.3 is 4.98 Å². The number of benzene rings is 1. The zero-order valence-corrected chi connectivity index (χ0v) is 10.5. The van der Waals surface area contributed by atoms with E-state index < -0.39 is 30.0 Å². The SMILES string of the molecule is FC(F)(F)C1(C(F)(F)F)NCCc2[nH]c3ccccc3c21. The fourth-order valence-corrected chi connectivity index (χ4v) is 2.92. The molecule has 1 aromatic carbocycles. The van der Waals surface area contributed by atoms with Crippen molar-refractivity contribution in [1.82, 2.24) is 10.3 Å². The van der Waals surface area contributed by atoms with Gasteiger partial charge in [0.05, 0.1) is 0 Å². The lowest BCUT2D eigenvalue weighted by molar-refractivity contribution is -0.315. The molecule has 2 N–H and O–H groups in total. The Hall–Kier alpha value is -1.70. The molecular formula is C13H10F6N2. The highest BCUT2D eigenvalue weighted by Gasteiger charge is 2.73. The van der Waals surface area contributed by atoms with Gasteiger partial charge in [-0.15, -0.1) is 0 Å². The summed E-state index contributed by atoms with van der Waals surface area (Å²) in [5, 5.41) is 1.62. The standard InChI is InChI=1S/C13H10F6N2/c14-12(15,16)11(13(17,18)19)10-7-3-1-2-4-8(7)21-9(10)5-6-20-11/h1-4,20-21H,5-6H2. The van der Waals surface area contributed by atoms with Crippen molar-refractivity contribution in [1.29, 1.82) is 0 Å². The van der Waals surface area contributed by atoms with Gasteiger partial charge in [-0.3, -0.25) is 5.32 Å². The van der Waals surface area contributed by atoms with Crippen molar-refractivity contribution < 1.29 is 26.3 Å². The molecule has 2 heterocycles. The Kier molecular flexibility index (Phi) is 2.82. The van der Waals surface area contributed by atoms with Gasteiger partial charge in [0.25, 0.3) is 0 Å². The first-order chi connectivity index (χ1) is 9.68. The smallest absolute Gasteiger partial charge is 0.358 e. The molecule has 2 aromatic rings. The number of aromatic nitrogens is 1. The van der Waals surface area contributed by atoms with Gasteiger partial charge in [0.15, 0.2) is 0 Å². The van der Waals surface area contributed by atoms with Crippen LogP contribution >= 0.6 is 0 Å². The highest BCUT2D eigenvalue weighted by atomic mass is 19.4. The van der Waals surface area contributed by atoms with Gasteiger partial charge in [0.2, 0.25) is 5.54 Å². The summed E-state index contributed by atoms with van der Waals surface area (Å²) in [5.74, 6) is 0. The second kappa shape index (κ2) is 4.16. The third kappa shape index (κ3) is 1.78. The van der Waals surface area contributed by atoms with Crippen molar-refractivity contribution in [3.05, 3.63) is 35.5 Å². The quantitative estimate of drug-likeness (QED) is 0.715. The van der Waals surface area contributed by atoms with Gasteiger partial charge in [0.1, 0.15) is 0 Å². The fraction of sp³-hybridized carbons (Fsp3) is 0.385. The lowest BCUT2D eigenvalue weighted by atomic mass is 9.82. The van der Waals surface area contributed by atoms with E-state index in [1.807, 2.05) is 0 Å². The molecule has 1 aliphatic heterocycles. The van der Waals surface area contributed by atoms with Gasteiger partial charge in [-0.1, -0.05) is 18.2 Å². The topological polar surface area (TPSA) is 27.8 Å². The average molecular weight is 308 g/mol. The Labute approximate surface area is 115 Å². The third-order valence-corrected chi connectivity index (χ3v) is 3.77. The van der Waals surface area contributed by atoms with Crippen LogP contribution in [0.25, 0.3) is 10.9 Å². The number of para-hydroxylation sites is 1. The summed E-state index contributed by atoms with van der Waals surface area (Å²) in [6.07, 6.45) is -10.9. The van der Waals surface area contributed by atoms with Crippen molar-refractivity contribution >= 4 is 10.9 Å². The Morgan fingerprint density at radius 1 is 0.952 bits per heavy atom. The number of fused-ring (bicyclic) bond motifs is 3. The first-order valence-electron chi connectivity index (χ1n) is 6.17. The molecule has 0 fully saturated rings. The van der Waals surface area contributed by atoms with E-state index in [2.05, 4.69) is 4.98 Å². The molecule has 0 saturated heterocycles. The van der Waals surface area contributed by atoms with Crippen LogP contribution in [-0.2, 0) is 12.0 Å². The second-order valence-corrected chi connectivity index (χ2v) is 4.95. The maximum atomic E-state index is 13.4. The van der Waals surface area contributed by atoms with Crippen LogP contribution in [0.1, 0.15) is 11.3 Å². The molecule has 1 aromatic heterocycles. The Morgan fingerprint density at radius 3 is 2.19 bits per heavy atom. The van der Waals surface area contributed by atoms with Crippen molar-refractivity contribution in [2.45, 2.75) is 24.3 Å². The molecule has 0 amide bonds. The van der Waals surface area contributed by atoms with E-state index in [0.717, 1.165) is 0 Å². The average Bonchev–Trinajstić information content (AvgIpc) is 2.74. The van der Waals surface area contributed by atoms with Crippen LogP contribution in [0.4, 0.5) is 26.3 Å². The molecule has 8 heteroatoms. The molecular weight excluding hydrogens is 298 g/mol. The molecule has 1 aliphatic rings. The zero-order chi connectivity index (χ0) is 15.5. The summed E-state index contributed by atoms with van der Waals surface area (Å²) in [7, 11) is 0. The molecule has 21 heavy (non-hydrogen) atoms. The summed E-state index contributed by atoms with van der Waals surface area (Å²) in [4.78, 5) is 2.67. The second-order valence-electron chi connectivity index (χ2n) is 4.95. The highest BCUT2D eigenvalue weighted by Crippen LogP contribution is 2.54. The first kappa shape index (κ1) is 14.2. The van der Waals surface area contributed by atoms with Crippen molar-refractivity contribution in [3.63, 3.8) is 0 Å². The summed E-state index contributed by atoms with van der Waals surface area (Å²) in [6, 6.07) is 5.71. The van der Waals surface area contributed by atoms with Crippen LogP contribution in [0.3, 0.4) is 0 Å². The number of nitrogens with one attached hydrogen (secondary N) is 2. The Morgan fingerprint density at radius 2 is 1.57 bits per heavy atom. The van der Waals surface area contributed by atoms with Crippen molar-refractivity contribution in [2.24, 2.45) is 0 Å². The molecule has 0 atom stereocenters. The molecule has 0 bridgehead atoms. The maximum Gasteiger partial charge on any atom is 0.419 e. The van der Waals surface area contributed by atoms with E-state index in [-0.39, 0.29) is 23.0 Å². The van der Waals surface area contributed by atoms with E-state index in [4.69, 9.17) is 0 Å². The normalized spacial score (nSPS) is 18.8. The predicted molar refractivity (Wildman–Crippen MR) is 63.8 cm³/mol. The number of H-pyrrole nitrogens is 1.